The molecule has 19 heavy (non-hydrogen) atoms. The number of allylic oxidation sites excluding steroid dienone is 3. The highest BCUT2D eigenvalue weighted by atomic mass is 16.5. The molecule has 0 aromatic carbocycles. The number of hydrogen-bond donors (Lipinski definition) is 0. The van der Waals surface area contributed by atoms with Crippen LogP contribution in [-0.4, -0.2) is 12.7 Å². The van der Waals surface area contributed by atoms with Gasteiger partial charge in [-0.05, 0) is 56.8 Å². The first-order chi connectivity index (χ1) is 9.06. The van der Waals surface area contributed by atoms with Crippen LogP contribution in [0.25, 0.3) is 0 Å². The summed E-state index contributed by atoms with van der Waals surface area (Å²) in [6, 6.07) is 0. The van der Waals surface area contributed by atoms with Crippen molar-refractivity contribution in [2.24, 2.45) is 29.6 Å². The molecule has 3 rings (SSSR count). The first-order valence-corrected chi connectivity index (χ1v) is 8.01. The summed E-state index contributed by atoms with van der Waals surface area (Å²) in [5.74, 6) is 3.67. The first kappa shape index (κ1) is 13.4. The Hall–Kier alpha value is -0.560. The average Bonchev–Trinajstić information content (AvgIpc) is 2.37. The summed E-state index contributed by atoms with van der Waals surface area (Å²) in [6.45, 7) is 10.4. The van der Waals surface area contributed by atoms with Crippen LogP contribution in [0, 0.1) is 29.6 Å². The molecular weight excluding hydrogens is 232 g/mol. The highest BCUT2D eigenvalue weighted by molar-refractivity contribution is 5.17. The minimum atomic E-state index is 0.472. The number of fused-ring (bicyclic) bond motifs is 2. The maximum atomic E-state index is 6.36. The van der Waals surface area contributed by atoms with E-state index in [-0.39, 0.29) is 0 Å². The lowest BCUT2D eigenvalue weighted by molar-refractivity contribution is -0.0982. The third-order valence-electron chi connectivity index (χ3n) is 5.85. The van der Waals surface area contributed by atoms with Crippen molar-refractivity contribution in [3.63, 3.8) is 0 Å². The molecule has 2 aliphatic carbocycles. The summed E-state index contributed by atoms with van der Waals surface area (Å²) >= 11 is 0. The molecule has 0 aromatic heterocycles. The van der Waals surface area contributed by atoms with Gasteiger partial charge < -0.3 is 4.74 Å². The van der Waals surface area contributed by atoms with Gasteiger partial charge in [-0.15, -0.1) is 0 Å². The molecule has 0 amide bonds. The lowest BCUT2D eigenvalue weighted by atomic mass is 9.66. The number of rotatable bonds is 1. The predicted octanol–water partition coefficient (Wildman–Crippen LogP) is 4.60. The van der Waals surface area contributed by atoms with Gasteiger partial charge in [0.1, 0.15) is 0 Å². The van der Waals surface area contributed by atoms with E-state index in [1.165, 1.54) is 19.3 Å². The van der Waals surface area contributed by atoms with E-state index in [1.54, 1.807) is 11.1 Å². The van der Waals surface area contributed by atoms with E-state index in [0.29, 0.717) is 17.9 Å². The summed E-state index contributed by atoms with van der Waals surface area (Å²) in [5, 5.41) is 0. The first-order valence-electron chi connectivity index (χ1n) is 8.01. The fourth-order valence-corrected chi connectivity index (χ4v) is 4.56. The Labute approximate surface area is 118 Å². The Balaban J connectivity index is 1.81. The van der Waals surface area contributed by atoms with Crippen LogP contribution in [0.2, 0.25) is 0 Å². The molecule has 1 nitrogen and oxygen atoms in total. The smallest absolute Gasteiger partial charge is 0.0674 e. The summed E-state index contributed by atoms with van der Waals surface area (Å²) in [6.07, 6.45) is 9.29. The van der Waals surface area contributed by atoms with E-state index in [9.17, 15) is 0 Å². The van der Waals surface area contributed by atoms with E-state index in [4.69, 9.17) is 4.74 Å². The summed E-state index contributed by atoms with van der Waals surface area (Å²) in [5.41, 5.74) is 3.16. The molecule has 0 saturated carbocycles. The highest BCUT2D eigenvalue weighted by Gasteiger charge is 2.42. The predicted molar refractivity (Wildman–Crippen MR) is 79.9 cm³/mol. The van der Waals surface area contributed by atoms with Crippen molar-refractivity contribution in [3.8, 4) is 0 Å². The maximum absolute atomic E-state index is 6.36. The Morgan fingerprint density at radius 1 is 1.21 bits per heavy atom. The van der Waals surface area contributed by atoms with E-state index >= 15 is 0 Å². The SMILES string of the molecule is CC1=CC[C@@H]([C@@H]2OC[C@@H]3C[C@@H]2C(C)=C[C@@H]3C)[C@@H](C)C1. The van der Waals surface area contributed by atoms with E-state index in [1.807, 2.05) is 0 Å². The second-order valence-corrected chi connectivity index (χ2v) is 7.30. The Morgan fingerprint density at radius 3 is 2.74 bits per heavy atom. The molecule has 0 unspecified atom stereocenters. The molecule has 6 atom stereocenters. The molecule has 0 spiro atoms. The van der Waals surface area contributed by atoms with Gasteiger partial charge in [0, 0.05) is 5.92 Å². The second-order valence-electron chi connectivity index (χ2n) is 7.30. The third kappa shape index (κ3) is 2.42. The molecule has 0 radical (unpaired) electrons. The van der Waals surface area contributed by atoms with Gasteiger partial charge in [-0.3, -0.25) is 0 Å². The Kier molecular flexibility index (Phi) is 3.59. The summed E-state index contributed by atoms with van der Waals surface area (Å²) < 4.78 is 6.36. The quantitative estimate of drug-likeness (QED) is 0.626. The topological polar surface area (TPSA) is 9.23 Å². The van der Waals surface area contributed by atoms with Crippen LogP contribution < -0.4 is 0 Å². The monoisotopic (exact) mass is 260 g/mol. The van der Waals surface area contributed by atoms with Crippen LogP contribution in [-0.2, 0) is 4.74 Å². The normalized spacial score (nSPS) is 46.5. The van der Waals surface area contributed by atoms with Gasteiger partial charge in [-0.1, -0.05) is 37.1 Å². The van der Waals surface area contributed by atoms with Crippen LogP contribution >= 0.6 is 0 Å². The molecule has 0 aromatic rings. The molecule has 106 valence electrons. The van der Waals surface area contributed by atoms with Crippen molar-refractivity contribution in [1.82, 2.24) is 0 Å². The zero-order valence-corrected chi connectivity index (χ0v) is 12.9. The lowest BCUT2D eigenvalue weighted by Crippen LogP contribution is -2.46. The van der Waals surface area contributed by atoms with Gasteiger partial charge in [0.2, 0.25) is 0 Å². The molecule has 1 aliphatic heterocycles. The summed E-state index contributed by atoms with van der Waals surface area (Å²) in [7, 11) is 0. The molecule has 2 bridgehead atoms. The minimum absolute atomic E-state index is 0.472. The molecule has 1 heteroatoms. The molecule has 0 N–H and O–H groups in total. The van der Waals surface area contributed by atoms with Crippen LogP contribution in [0.5, 0.6) is 0 Å². The average molecular weight is 260 g/mol. The van der Waals surface area contributed by atoms with Gasteiger partial charge in [0.25, 0.3) is 0 Å². The molecule has 1 heterocycles. The van der Waals surface area contributed by atoms with Crippen LogP contribution in [0.3, 0.4) is 0 Å². The Morgan fingerprint density at radius 2 is 2.00 bits per heavy atom. The van der Waals surface area contributed by atoms with Crippen molar-refractivity contribution in [2.45, 2.75) is 53.1 Å². The zero-order valence-electron chi connectivity index (χ0n) is 12.9. The molecule has 1 fully saturated rings. The van der Waals surface area contributed by atoms with Crippen molar-refractivity contribution in [3.05, 3.63) is 23.3 Å². The number of hydrogen-bond acceptors (Lipinski definition) is 1. The third-order valence-corrected chi connectivity index (χ3v) is 5.85. The fourth-order valence-electron chi connectivity index (χ4n) is 4.56. The zero-order chi connectivity index (χ0) is 13.6. The van der Waals surface area contributed by atoms with Crippen molar-refractivity contribution in [1.29, 1.82) is 0 Å². The highest BCUT2D eigenvalue weighted by Crippen LogP contribution is 2.45. The largest absolute Gasteiger partial charge is 0.377 e. The summed E-state index contributed by atoms with van der Waals surface area (Å²) in [4.78, 5) is 0. The number of ether oxygens (including phenoxy) is 1. The van der Waals surface area contributed by atoms with Gasteiger partial charge in [-0.2, -0.15) is 0 Å². The maximum Gasteiger partial charge on any atom is 0.0674 e. The van der Waals surface area contributed by atoms with E-state index < -0.39 is 0 Å². The van der Waals surface area contributed by atoms with Gasteiger partial charge >= 0.3 is 0 Å². The van der Waals surface area contributed by atoms with E-state index in [2.05, 4.69) is 39.8 Å². The van der Waals surface area contributed by atoms with Crippen LogP contribution in [0.4, 0.5) is 0 Å². The fraction of sp³-hybridized carbons (Fsp3) is 0.778. The van der Waals surface area contributed by atoms with Crippen LogP contribution in [0.15, 0.2) is 23.3 Å². The lowest BCUT2D eigenvalue weighted by Gasteiger charge is -2.47. The Bertz CT molecular complexity index is 406. The molecule has 3 aliphatic rings. The van der Waals surface area contributed by atoms with Crippen LogP contribution in [0.1, 0.15) is 47.0 Å². The van der Waals surface area contributed by atoms with Crippen molar-refractivity contribution < 1.29 is 4.74 Å². The van der Waals surface area contributed by atoms with Crippen molar-refractivity contribution in [2.75, 3.05) is 6.61 Å². The van der Waals surface area contributed by atoms with Gasteiger partial charge in [-0.25, -0.2) is 0 Å². The molecule has 1 saturated heterocycles. The van der Waals surface area contributed by atoms with E-state index in [0.717, 1.165) is 24.4 Å². The second kappa shape index (κ2) is 5.09. The standard InChI is InChI=1S/C18H28O/c1-11-5-6-16(13(3)7-11)18-17-9-15(10-19-18)12(2)8-14(17)4/h5,8,12-13,15-18H,6-7,9-10H2,1-4H3/t12-,13-,15-,16+,17+,18-/m0/s1. The van der Waals surface area contributed by atoms with Gasteiger partial charge in [0.05, 0.1) is 12.7 Å². The minimum Gasteiger partial charge on any atom is -0.377 e. The molecular formula is C18H28O. The van der Waals surface area contributed by atoms with Crippen molar-refractivity contribution >= 4 is 0 Å². The van der Waals surface area contributed by atoms with Gasteiger partial charge in [0.15, 0.2) is 0 Å².